The van der Waals surface area contributed by atoms with Crippen LogP contribution in [-0.2, 0) is 16.0 Å². The SMILES string of the molecule is Cc1cccc(N2CCN(CC(=O)N3C[C@H]4NC(=O)CCc5ccc(O)c(c5)Oc5cccc(c5)[C@@H]4C3)CC2)c1. The molecule has 4 bridgehead atoms. The number of nitrogens with one attached hydrogen (secondary N) is 1. The second-order valence-electron chi connectivity index (χ2n) is 11.2. The van der Waals surface area contributed by atoms with Crippen LogP contribution in [0.2, 0.25) is 0 Å². The molecule has 0 spiro atoms. The fraction of sp³-hybridized carbons (Fsp3) is 0.375. The van der Waals surface area contributed by atoms with Crippen molar-refractivity contribution in [3.05, 3.63) is 83.4 Å². The number of carbonyl (C=O) groups is 2. The molecule has 0 aliphatic carbocycles. The minimum atomic E-state index is -0.179. The van der Waals surface area contributed by atoms with Crippen molar-refractivity contribution < 1.29 is 19.4 Å². The van der Waals surface area contributed by atoms with E-state index >= 15 is 0 Å². The van der Waals surface area contributed by atoms with Gasteiger partial charge < -0.3 is 25.0 Å². The number of aryl methyl sites for hydroxylation is 2. The normalized spacial score (nSPS) is 21.4. The molecule has 40 heavy (non-hydrogen) atoms. The molecule has 0 unspecified atom stereocenters. The van der Waals surface area contributed by atoms with Crippen LogP contribution >= 0.6 is 0 Å². The predicted octanol–water partition coefficient (Wildman–Crippen LogP) is 3.67. The van der Waals surface area contributed by atoms with E-state index in [4.69, 9.17) is 4.74 Å². The Bertz CT molecular complexity index is 1400. The van der Waals surface area contributed by atoms with Gasteiger partial charge >= 0.3 is 0 Å². The number of ether oxygens (including phenoxy) is 1. The summed E-state index contributed by atoms with van der Waals surface area (Å²) in [6.45, 7) is 6.97. The Kier molecular flexibility index (Phi) is 7.34. The van der Waals surface area contributed by atoms with Crippen LogP contribution < -0.4 is 15.0 Å². The first-order valence-corrected chi connectivity index (χ1v) is 14.1. The van der Waals surface area contributed by atoms with Gasteiger partial charge in [0.15, 0.2) is 11.5 Å². The molecule has 2 saturated heterocycles. The first-order chi connectivity index (χ1) is 19.4. The van der Waals surface area contributed by atoms with Crippen molar-refractivity contribution in [3.63, 3.8) is 0 Å². The van der Waals surface area contributed by atoms with Gasteiger partial charge in [0, 0.05) is 57.3 Å². The maximum atomic E-state index is 13.5. The topological polar surface area (TPSA) is 85.4 Å². The number of phenolic OH excluding ortho intramolecular Hbond substituents is 1. The summed E-state index contributed by atoms with van der Waals surface area (Å²) in [5, 5.41) is 13.5. The number of likely N-dealkylation sites (tertiary alicyclic amines) is 1. The molecular formula is C32H36N4O4. The maximum Gasteiger partial charge on any atom is 0.236 e. The van der Waals surface area contributed by atoms with Crippen molar-refractivity contribution in [2.45, 2.75) is 31.7 Å². The number of benzene rings is 3. The van der Waals surface area contributed by atoms with E-state index in [1.165, 1.54) is 11.3 Å². The fourth-order valence-electron chi connectivity index (χ4n) is 6.04. The molecular weight excluding hydrogens is 504 g/mol. The van der Waals surface area contributed by atoms with Crippen LogP contribution in [0.15, 0.2) is 66.7 Å². The summed E-state index contributed by atoms with van der Waals surface area (Å²) in [5.41, 5.74) is 4.40. The number of fused-ring (bicyclic) bond motifs is 6. The second kappa shape index (κ2) is 11.2. The highest BCUT2D eigenvalue weighted by atomic mass is 16.5. The van der Waals surface area contributed by atoms with Crippen LogP contribution in [0.5, 0.6) is 17.2 Å². The number of hydrogen-bond donors (Lipinski definition) is 2. The summed E-state index contributed by atoms with van der Waals surface area (Å²) in [4.78, 5) is 33.0. The minimum absolute atomic E-state index is 0.0393. The van der Waals surface area contributed by atoms with Crippen molar-refractivity contribution in [2.24, 2.45) is 0 Å². The fourth-order valence-corrected chi connectivity index (χ4v) is 6.04. The average molecular weight is 541 g/mol. The molecule has 2 atom stereocenters. The van der Waals surface area contributed by atoms with Crippen molar-refractivity contribution in [3.8, 4) is 17.2 Å². The highest BCUT2D eigenvalue weighted by Crippen LogP contribution is 2.35. The van der Waals surface area contributed by atoms with Crippen molar-refractivity contribution >= 4 is 17.5 Å². The lowest BCUT2D eigenvalue weighted by atomic mass is 9.94. The van der Waals surface area contributed by atoms with Gasteiger partial charge in [-0.25, -0.2) is 0 Å². The Morgan fingerprint density at radius 3 is 2.62 bits per heavy atom. The van der Waals surface area contributed by atoms with Crippen LogP contribution in [0.25, 0.3) is 0 Å². The van der Waals surface area contributed by atoms with E-state index in [1.54, 1.807) is 12.1 Å². The van der Waals surface area contributed by atoms with Gasteiger partial charge in [0.05, 0.1) is 12.6 Å². The van der Waals surface area contributed by atoms with Crippen LogP contribution in [0.1, 0.15) is 29.0 Å². The van der Waals surface area contributed by atoms with Gasteiger partial charge in [0.1, 0.15) is 5.75 Å². The van der Waals surface area contributed by atoms with Gasteiger partial charge in [0.25, 0.3) is 0 Å². The molecule has 8 heteroatoms. The Morgan fingerprint density at radius 2 is 1.80 bits per heavy atom. The number of hydrogen-bond acceptors (Lipinski definition) is 6. The second-order valence-corrected chi connectivity index (χ2v) is 11.2. The number of aromatic hydroxyl groups is 1. The summed E-state index contributed by atoms with van der Waals surface area (Å²) in [7, 11) is 0. The minimum Gasteiger partial charge on any atom is -0.504 e. The lowest BCUT2D eigenvalue weighted by molar-refractivity contribution is -0.131. The number of piperazine rings is 1. The third kappa shape index (κ3) is 5.77. The van der Waals surface area contributed by atoms with E-state index in [2.05, 4.69) is 46.3 Å². The lowest BCUT2D eigenvalue weighted by Gasteiger charge is -2.36. The van der Waals surface area contributed by atoms with E-state index < -0.39 is 0 Å². The quantitative estimate of drug-likeness (QED) is 0.528. The lowest BCUT2D eigenvalue weighted by Crippen LogP contribution is -2.50. The highest BCUT2D eigenvalue weighted by molar-refractivity contribution is 5.80. The monoisotopic (exact) mass is 540 g/mol. The molecule has 2 N–H and O–H groups in total. The third-order valence-corrected chi connectivity index (χ3v) is 8.30. The molecule has 3 aromatic rings. The van der Waals surface area contributed by atoms with E-state index in [0.717, 1.165) is 37.3 Å². The molecule has 3 aliphatic heterocycles. The summed E-state index contributed by atoms with van der Waals surface area (Å²) in [5.74, 6) is 1.06. The van der Waals surface area contributed by atoms with Crippen LogP contribution in [0.3, 0.4) is 0 Å². The zero-order chi connectivity index (χ0) is 27.6. The number of amides is 2. The summed E-state index contributed by atoms with van der Waals surface area (Å²) in [6.07, 6.45) is 0.860. The maximum absolute atomic E-state index is 13.5. The summed E-state index contributed by atoms with van der Waals surface area (Å²) in [6, 6.07) is 21.3. The van der Waals surface area contributed by atoms with Gasteiger partial charge in [-0.05, 0) is 66.4 Å². The van der Waals surface area contributed by atoms with E-state index in [9.17, 15) is 14.7 Å². The Balaban J connectivity index is 1.14. The number of anilines is 1. The average Bonchev–Trinajstić information content (AvgIpc) is 3.37. The zero-order valence-electron chi connectivity index (χ0n) is 22.9. The number of carbonyl (C=O) groups excluding carboxylic acids is 2. The summed E-state index contributed by atoms with van der Waals surface area (Å²) >= 11 is 0. The van der Waals surface area contributed by atoms with Crippen molar-refractivity contribution in [1.82, 2.24) is 15.1 Å². The molecule has 208 valence electrons. The largest absolute Gasteiger partial charge is 0.504 e. The molecule has 6 rings (SSSR count). The van der Waals surface area contributed by atoms with Crippen molar-refractivity contribution in [1.29, 1.82) is 0 Å². The van der Waals surface area contributed by atoms with Gasteiger partial charge in [-0.3, -0.25) is 14.5 Å². The van der Waals surface area contributed by atoms with Gasteiger partial charge in [-0.15, -0.1) is 0 Å². The van der Waals surface area contributed by atoms with E-state index in [0.29, 0.717) is 44.0 Å². The molecule has 2 fully saturated rings. The molecule has 3 heterocycles. The molecule has 3 aromatic carbocycles. The Hall–Kier alpha value is -4.04. The van der Waals surface area contributed by atoms with Crippen LogP contribution in [0.4, 0.5) is 5.69 Å². The number of rotatable bonds is 3. The zero-order valence-corrected chi connectivity index (χ0v) is 22.9. The number of phenols is 1. The Morgan fingerprint density at radius 1 is 0.975 bits per heavy atom. The molecule has 0 saturated carbocycles. The summed E-state index contributed by atoms with van der Waals surface area (Å²) < 4.78 is 6.05. The smallest absolute Gasteiger partial charge is 0.236 e. The molecule has 3 aliphatic rings. The van der Waals surface area contributed by atoms with Crippen LogP contribution in [0, 0.1) is 6.92 Å². The van der Waals surface area contributed by atoms with Gasteiger partial charge in [-0.1, -0.05) is 30.3 Å². The molecule has 0 radical (unpaired) electrons. The highest BCUT2D eigenvalue weighted by Gasteiger charge is 2.38. The van der Waals surface area contributed by atoms with Crippen molar-refractivity contribution in [2.75, 3.05) is 50.7 Å². The number of nitrogens with zero attached hydrogens (tertiary/aromatic N) is 3. The first-order valence-electron chi connectivity index (χ1n) is 14.1. The molecule has 8 nitrogen and oxygen atoms in total. The standard InChI is InChI=1S/C32H36N4O4/c1-22-4-2-6-25(16-22)35-14-12-34(13-15-35)21-32(39)36-19-27-24-5-3-7-26(18-24)40-30-17-23(8-10-29(30)37)9-11-31(38)33-28(27)20-36/h2-8,10,16-18,27-28,37H,9,11-15,19-21H2,1H3,(H,33,38)/t27-,28+/m0/s1. The molecule has 0 aromatic heterocycles. The molecule has 2 amide bonds. The first kappa shape index (κ1) is 26.2. The third-order valence-electron chi connectivity index (χ3n) is 8.30. The van der Waals surface area contributed by atoms with Gasteiger partial charge in [-0.2, -0.15) is 0 Å². The Labute approximate surface area is 235 Å². The predicted molar refractivity (Wildman–Crippen MR) is 154 cm³/mol. The van der Waals surface area contributed by atoms with Crippen LogP contribution in [-0.4, -0.2) is 78.6 Å². The van der Waals surface area contributed by atoms with Gasteiger partial charge in [0.2, 0.25) is 11.8 Å². The van der Waals surface area contributed by atoms with E-state index in [1.807, 2.05) is 35.2 Å². The van der Waals surface area contributed by atoms with E-state index in [-0.39, 0.29) is 29.5 Å².